The Morgan fingerprint density at radius 3 is 2.61 bits per heavy atom. The molecule has 0 atom stereocenters. The Hall–Kier alpha value is -1.87. The molecular formula is C15H13NOS. The number of thioether (sulfide) groups is 1. The van der Waals surface area contributed by atoms with Crippen molar-refractivity contribution in [2.45, 2.75) is 11.9 Å². The topological polar surface area (TPSA) is 30.0 Å². The summed E-state index contributed by atoms with van der Waals surface area (Å²) in [4.78, 5) is 16.0. The van der Waals surface area contributed by atoms with E-state index in [1.807, 2.05) is 49.4 Å². The second-order valence-corrected chi connectivity index (χ2v) is 4.74. The summed E-state index contributed by atoms with van der Waals surface area (Å²) in [6, 6.07) is 13.3. The second-order valence-electron chi connectivity index (χ2n) is 3.82. The van der Waals surface area contributed by atoms with E-state index in [0.717, 1.165) is 10.6 Å². The standard InChI is InChI=1S/C15H13NOS/c1-12-5-7-13(8-6-12)14(17)9-11-18-15-4-2-3-10-16-15/h2-11H,1H3. The van der Waals surface area contributed by atoms with Crippen molar-refractivity contribution in [1.29, 1.82) is 0 Å². The lowest BCUT2D eigenvalue weighted by molar-refractivity contribution is 0.104. The largest absolute Gasteiger partial charge is 0.289 e. The average Bonchev–Trinajstić information content (AvgIpc) is 2.40. The van der Waals surface area contributed by atoms with Crippen molar-refractivity contribution in [3.8, 4) is 0 Å². The quantitative estimate of drug-likeness (QED) is 0.472. The Balaban J connectivity index is 1.97. The third kappa shape index (κ3) is 3.57. The molecule has 0 amide bonds. The van der Waals surface area contributed by atoms with Gasteiger partial charge in [0.15, 0.2) is 5.78 Å². The number of rotatable bonds is 4. The number of aryl methyl sites for hydroxylation is 1. The van der Waals surface area contributed by atoms with Crippen LogP contribution in [0.3, 0.4) is 0 Å². The molecule has 0 aliphatic carbocycles. The molecule has 0 spiro atoms. The first-order valence-corrected chi connectivity index (χ1v) is 6.49. The van der Waals surface area contributed by atoms with Gasteiger partial charge in [-0.3, -0.25) is 4.79 Å². The fraction of sp³-hybridized carbons (Fsp3) is 0.0667. The molecule has 0 unspecified atom stereocenters. The van der Waals surface area contributed by atoms with Gasteiger partial charge in [0.1, 0.15) is 5.03 Å². The molecule has 0 saturated heterocycles. The van der Waals surface area contributed by atoms with Crippen molar-refractivity contribution < 1.29 is 4.79 Å². The maximum atomic E-state index is 11.8. The summed E-state index contributed by atoms with van der Waals surface area (Å²) in [7, 11) is 0. The predicted octanol–water partition coefficient (Wildman–Crippen LogP) is 3.88. The van der Waals surface area contributed by atoms with Gasteiger partial charge >= 0.3 is 0 Å². The molecule has 1 heterocycles. The Labute approximate surface area is 111 Å². The highest BCUT2D eigenvalue weighted by atomic mass is 32.2. The minimum atomic E-state index is 0.0124. The van der Waals surface area contributed by atoms with E-state index in [9.17, 15) is 4.79 Å². The van der Waals surface area contributed by atoms with Crippen LogP contribution < -0.4 is 0 Å². The fourth-order valence-corrected chi connectivity index (χ4v) is 2.01. The first kappa shape index (κ1) is 12.6. The van der Waals surface area contributed by atoms with Gasteiger partial charge in [0.25, 0.3) is 0 Å². The molecular weight excluding hydrogens is 242 g/mol. The second kappa shape index (κ2) is 6.17. The smallest absolute Gasteiger partial charge is 0.186 e. The van der Waals surface area contributed by atoms with E-state index in [0.29, 0.717) is 5.56 Å². The van der Waals surface area contributed by atoms with Gasteiger partial charge < -0.3 is 0 Å². The number of carbonyl (C=O) groups is 1. The van der Waals surface area contributed by atoms with Crippen LogP contribution in [0.15, 0.2) is 65.2 Å². The number of nitrogens with zero attached hydrogens (tertiary/aromatic N) is 1. The monoisotopic (exact) mass is 255 g/mol. The van der Waals surface area contributed by atoms with E-state index < -0.39 is 0 Å². The van der Waals surface area contributed by atoms with Crippen LogP contribution in [0, 0.1) is 6.92 Å². The van der Waals surface area contributed by atoms with Crippen LogP contribution in [0.5, 0.6) is 0 Å². The molecule has 1 aromatic heterocycles. The molecule has 18 heavy (non-hydrogen) atoms. The summed E-state index contributed by atoms with van der Waals surface area (Å²) in [6.07, 6.45) is 3.31. The molecule has 2 aromatic rings. The molecule has 2 nitrogen and oxygen atoms in total. The summed E-state index contributed by atoms with van der Waals surface area (Å²) >= 11 is 1.43. The van der Waals surface area contributed by atoms with Crippen LogP contribution in [0.4, 0.5) is 0 Å². The van der Waals surface area contributed by atoms with Crippen molar-refractivity contribution in [3.05, 3.63) is 71.3 Å². The zero-order valence-electron chi connectivity index (χ0n) is 10.0. The highest BCUT2D eigenvalue weighted by molar-refractivity contribution is 8.02. The minimum absolute atomic E-state index is 0.0124. The van der Waals surface area contributed by atoms with E-state index >= 15 is 0 Å². The zero-order valence-corrected chi connectivity index (χ0v) is 10.9. The summed E-state index contributed by atoms with van der Waals surface area (Å²) < 4.78 is 0. The lowest BCUT2D eigenvalue weighted by Gasteiger charge is -1.96. The predicted molar refractivity (Wildman–Crippen MR) is 74.7 cm³/mol. The Bertz CT molecular complexity index is 546. The Morgan fingerprint density at radius 2 is 1.94 bits per heavy atom. The van der Waals surface area contributed by atoms with Gasteiger partial charge in [0.2, 0.25) is 0 Å². The number of carbonyl (C=O) groups excluding carboxylic acids is 1. The lowest BCUT2D eigenvalue weighted by atomic mass is 10.1. The van der Waals surface area contributed by atoms with Gasteiger partial charge in [0.05, 0.1) is 0 Å². The SMILES string of the molecule is Cc1ccc(C(=O)C=CSc2ccccn2)cc1. The van der Waals surface area contributed by atoms with Crippen LogP contribution in [-0.4, -0.2) is 10.8 Å². The van der Waals surface area contributed by atoms with Crippen molar-refractivity contribution in [2.24, 2.45) is 0 Å². The Morgan fingerprint density at radius 1 is 1.17 bits per heavy atom. The number of ketones is 1. The molecule has 0 radical (unpaired) electrons. The molecule has 0 aliphatic rings. The summed E-state index contributed by atoms with van der Waals surface area (Å²) in [5.41, 5.74) is 1.86. The third-order valence-electron chi connectivity index (χ3n) is 2.38. The Kier molecular flexibility index (Phi) is 4.31. The van der Waals surface area contributed by atoms with E-state index in [1.165, 1.54) is 11.8 Å². The van der Waals surface area contributed by atoms with Gasteiger partial charge in [-0.1, -0.05) is 47.7 Å². The number of hydrogen-bond donors (Lipinski definition) is 0. The molecule has 0 saturated carbocycles. The molecule has 90 valence electrons. The zero-order chi connectivity index (χ0) is 12.8. The molecule has 0 N–H and O–H groups in total. The highest BCUT2D eigenvalue weighted by Crippen LogP contribution is 2.15. The van der Waals surface area contributed by atoms with Crippen molar-refractivity contribution in [2.75, 3.05) is 0 Å². The van der Waals surface area contributed by atoms with Gasteiger partial charge in [-0.2, -0.15) is 0 Å². The first-order chi connectivity index (χ1) is 8.75. The molecule has 0 fully saturated rings. The van der Waals surface area contributed by atoms with E-state index in [-0.39, 0.29) is 5.78 Å². The molecule has 3 heteroatoms. The molecule has 0 aliphatic heterocycles. The van der Waals surface area contributed by atoms with Crippen LogP contribution in [0.2, 0.25) is 0 Å². The number of hydrogen-bond acceptors (Lipinski definition) is 3. The van der Waals surface area contributed by atoms with Crippen molar-refractivity contribution in [3.63, 3.8) is 0 Å². The van der Waals surface area contributed by atoms with Gasteiger partial charge in [-0.15, -0.1) is 0 Å². The third-order valence-corrected chi connectivity index (χ3v) is 3.14. The molecule has 1 aromatic carbocycles. The highest BCUT2D eigenvalue weighted by Gasteiger charge is 2.00. The van der Waals surface area contributed by atoms with E-state index in [4.69, 9.17) is 0 Å². The average molecular weight is 255 g/mol. The maximum absolute atomic E-state index is 11.8. The number of aromatic nitrogens is 1. The first-order valence-electron chi connectivity index (χ1n) is 5.61. The summed E-state index contributed by atoms with van der Waals surface area (Å²) in [5.74, 6) is 0.0124. The van der Waals surface area contributed by atoms with E-state index in [1.54, 1.807) is 17.7 Å². The van der Waals surface area contributed by atoms with Crippen LogP contribution >= 0.6 is 11.8 Å². The summed E-state index contributed by atoms with van der Waals surface area (Å²) in [6.45, 7) is 2.00. The van der Waals surface area contributed by atoms with Gasteiger partial charge in [-0.05, 0) is 30.5 Å². The maximum Gasteiger partial charge on any atom is 0.186 e. The molecule has 0 bridgehead atoms. The molecule has 2 rings (SSSR count). The summed E-state index contributed by atoms with van der Waals surface area (Å²) in [5, 5.41) is 2.65. The number of allylic oxidation sites excluding steroid dienone is 1. The minimum Gasteiger partial charge on any atom is -0.289 e. The van der Waals surface area contributed by atoms with Crippen LogP contribution in [0.25, 0.3) is 0 Å². The van der Waals surface area contributed by atoms with Gasteiger partial charge in [0, 0.05) is 11.8 Å². The van der Waals surface area contributed by atoms with E-state index in [2.05, 4.69) is 4.98 Å². The lowest BCUT2D eigenvalue weighted by Crippen LogP contribution is -1.93. The number of benzene rings is 1. The normalized spacial score (nSPS) is 10.7. The van der Waals surface area contributed by atoms with Gasteiger partial charge in [-0.25, -0.2) is 4.98 Å². The van der Waals surface area contributed by atoms with Crippen molar-refractivity contribution >= 4 is 17.5 Å². The van der Waals surface area contributed by atoms with Crippen LogP contribution in [0.1, 0.15) is 15.9 Å². The number of pyridine rings is 1. The van der Waals surface area contributed by atoms with Crippen LogP contribution in [-0.2, 0) is 0 Å². The van der Waals surface area contributed by atoms with Crippen molar-refractivity contribution in [1.82, 2.24) is 4.98 Å². The fourth-order valence-electron chi connectivity index (χ4n) is 1.40.